The van der Waals surface area contributed by atoms with Crippen molar-refractivity contribution in [3.8, 4) is 5.75 Å². The van der Waals surface area contributed by atoms with Crippen molar-refractivity contribution in [3.05, 3.63) is 60.2 Å². The number of hydrogen-bond acceptors (Lipinski definition) is 4. The predicted octanol–water partition coefficient (Wildman–Crippen LogP) is 2.88. The zero-order valence-corrected chi connectivity index (χ0v) is 12.2. The third-order valence-corrected chi connectivity index (χ3v) is 2.80. The fraction of sp³-hybridized carbons (Fsp3) is 0.176. The van der Waals surface area contributed by atoms with Crippen LogP contribution in [0.1, 0.15) is 17.3 Å². The maximum Gasteiger partial charge on any atom is 0.337 e. The van der Waals surface area contributed by atoms with Gasteiger partial charge in [0.2, 0.25) is 0 Å². The highest BCUT2D eigenvalue weighted by Crippen LogP contribution is 2.16. The van der Waals surface area contributed by atoms with Crippen molar-refractivity contribution in [2.75, 3.05) is 18.5 Å². The minimum absolute atomic E-state index is 0.0804. The van der Waals surface area contributed by atoms with Crippen LogP contribution in [0.5, 0.6) is 5.75 Å². The summed E-state index contributed by atoms with van der Waals surface area (Å²) in [5, 5.41) is 2.77. The Hall–Kier alpha value is -2.66. The Morgan fingerprint density at radius 2 is 1.68 bits per heavy atom. The topological polar surface area (TPSA) is 64.6 Å². The van der Waals surface area contributed by atoms with E-state index in [2.05, 4.69) is 5.32 Å². The molecule has 0 saturated heterocycles. The molecule has 2 rings (SSSR count). The van der Waals surface area contributed by atoms with Crippen LogP contribution >= 0.6 is 0 Å². The van der Waals surface area contributed by atoms with E-state index in [1.807, 2.05) is 6.07 Å². The maximum absolute atomic E-state index is 12.0. The van der Waals surface area contributed by atoms with Gasteiger partial charge in [0.1, 0.15) is 12.4 Å². The molecule has 5 nitrogen and oxygen atoms in total. The zero-order chi connectivity index (χ0) is 15.8. The molecule has 1 N–H and O–H groups in total. The summed E-state index contributed by atoms with van der Waals surface area (Å²) in [7, 11) is 0. The molecule has 114 valence electrons. The molecule has 2 aromatic carbocycles. The first-order valence-electron chi connectivity index (χ1n) is 6.94. The van der Waals surface area contributed by atoms with Crippen LogP contribution in [-0.4, -0.2) is 25.1 Å². The van der Waals surface area contributed by atoms with Crippen LogP contribution < -0.4 is 10.1 Å². The van der Waals surface area contributed by atoms with E-state index < -0.39 is 5.97 Å². The SMILES string of the molecule is CCOCC(=O)Oc1ccc(NC(=O)c2ccccc2)cc1. The molecule has 0 spiro atoms. The number of esters is 1. The van der Waals surface area contributed by atoms with Gasteiger partial charge >= 0.3 is 5.97 Å². The van der Waals surface area contributed by atoms with Gasteiger partial charge in [0.25, 0.3) is 5.91 Å². The first kappa shape index (κ1) is 15.7. The second kappa shape index (κ2) is 7.95. The summed E-state index contributed by atoms with van der Waals surface area (Å²) in [6.07, 6.45) is 0. The average Bonchev–Trinajstić information content (AvgIpc) is 2.55. The Morgan fingerprint density at radius 3 is 2.32 bits per heavy atom. The lowest BCUT2D eigenvalue weighted by Crippen LogP contribution is -2.15. The molecule has 0 aliphatic rings. The number of carbonyl (C=O) groups is 2. The van der Waals surface area contributed by atoms with Gasteiger partial charge in [-0.15, -0.1) is 0 Å². The van der Waals surface area contributed by atoms with E-state index in [1.165, 1.54) is 0 Å². The monoisotopic (exact) mass is 299 g/mol. The van der Waals surface area contributed by atoms with E-state index in [4.69, 9.17) is 9.47 Å². The van der Waals surface area contributed by atoms with Crippen LogP contribution in [0.3, 0.4) is 0 Å². The molecule has 0 atom stereocenters. The van der Waals surface area contributed by atoms with Crippen LogP contribution in [0.4, 0.5) is 5.69 Å². The molecule has 0 unspecified atom stereocenters. The Balaban J connectivity index is 1.92. The van der Waals surface area contributed by atoms with Crippen molar-refractivity contribution in [3.63, 3.8) is 0 Å². The fourth-order valence-electron chi connectivity index (χ4n) is 1.75. The van der Waals surface area contributed by atoms with Gasteiger partial charge in [0, 0.05) is 17.9 Å². The lowest BCUT2D eigenvalue weighted by molar-refractivity contribution is -0.139. The predicted molar refractivity (Wildman–Crippen MR) is 83.0 cm³/mol. The summed E-state index contributed by atoms with van der Waals surface area (Å²) >= 11 is 0. The first-order valence-corrected chi connectivity index (χ1v) is 6.94. The average molecular weight is 299 g/mol. The molecule has 0 bridgehead atoms. The third kappa shape index (κ3) is 4.71. The Bertz CT molecular complexity index is 623. The molecule has 0 aliphatic heterocycles. The van der Waals surface area contributed by atoms with Gasteiger partial charge in [-0.2, -0.15) is 0 Å². The Labute approximate surface area is 128 Å². The number of benzene rings is 2. The van der Waals surface area contributed by atoms with Gasteiger partial charge in [-0.3, -0.25) is 4.79 Å². The van der Waals surface area contributed by atoms with Gasteiger partial charge in [0.05, 0.1) is 0 Å². The molecule has 0 radical (unpaired) electrons. The highest BCUT2D eigenvalue weighted by molar-refractivity contribution is 6.04. The molecular formula is C17H17NO4. The van der Waals surface area contributed by atoms with E-state index >= 15 is 0 Å². The van der Waals surface area contributed by atoms with E-state index in [0.717, 1.165) is 0 Å². The van der Waals surface area contributed by atoms with Gasteiger partial charge < -0.3 is 14.8 Å². The normalized spacial score (nSPS) is 10.0. The lowest BCUT2D eigenvalue weighted by Gasteiger charge is -2.07. The smallest absolute Gasteiger partial charge is 0.337 e. The maximum atomic E-state index is 12.0. The summed E-state index contributed by atoms with van der Waals surface area (Å²) in [4.78, 5) is 23.4. The molecule has 0 heterocycles. The zero-order valence-electron chi connectivity index (χ0n) is 12.2. The molecule has 5 heteroatoms. The number of ether oxygens (including phenoxy) is 2. The van der Waals surface area contributed by atoms with Crippen molar-refractivity contribution in [1.29, 1.82) is 0 Å². The van der Waals surface area contributed by atoms with E-state index in [1.54, 1.807) is 55.5 Å². The van der Waals surface area contributed by atoms with Crippen LogP contribution in [0, 0.1) is 0 Å². The van der Waals surface area contributed by atoms with Crippen LogP contribution in [0.15, 0.2) is 54.6 Å². The van der Waals surface area contributed by atoms with Gasteiger partial charge in [-0.1, -0.05) is 18.2 Å². The molecule has 0 aromatic heterocycles. The summed E-state index contributed by atoms with van der Waals surface area (Å²) in [5.41, 5.74) is 1.20. The van der Waals surface area contributed by atoms with E-state index in [0.29, 0.717) is 23.6 Å². The Morgan fingerprint density at radius 1 is 1.00 bits per heavy atom. The summed E-state index contributed by atoms with van der Waals surface area (Å²) in [6, 6.07) is 15.5. The van der Waals surface area contributed by atoms with Gasteiger partial charge in [0.15, 0.2) is 0 Å². The number of hydrogen-bond donors (Lipinski definition) is 1. The van der Waals surface area contributed by atoms with Crippen LogP contribution in [-0.2, 0) is 9.53 Å². The minimum Gasteiger partial charge on any atom is -0.425 e. The third-order valence-electron chi connectivity index (χ3n) is 2.80. The quantitative estimate of drug-likeness (QED) is 0.658. The number of amides is 1. The lowest BCUT2D eigenvalue weighted by atomic mass is 10.2. The summed E-state index contributed by atoms with van der Waals surface area (Å²) in [5.74, 6) is -0.243. The number of nitrogens with one attached hydrogen (secondary N) is 1. The molecule has 1 amide bonds. The molecular weight excluding hydrogens is 282 g/mol. The van der Waals surface area contributed by atoms with Gasteiger partial charge in [-0.25, -0.2) is 4.79 Å². The second-order valence-corrected chi connectivity index (χ2v) is 4.46. The fourth-order valence-corrected chi connectivity index (χ4v) is 1.75. The van der Waals surface area contributed by atoms with Crippen molar-refractivity contribution in [1.82, 2.24) is 0 Å². The second-order valence-electron chi connectivity index (χ2n) is 4.46. The molecule has 2 aromatic rings. The Kier molecular flexibility index (Phi) is 5.68. The van der Waals surface area contributed by atoms with Crippen molar-refractivity contribution >= 4 is 17.6 Å². The molecule has 0 aliphatic carbocycles. The number of carbonyl (C=O) groups excluding carboxylic acids is 2. The largest absolute Gasteiger partial charge is 0.425 e. The van der Waals surface area contributed by atoms with Crippen molar-refractivity contribution < 1.29 is 19.1 Å². The minimum atomic E-state index is -0.456. The molecule has 0 fully saturated rings. The van der Waals surface area contributed by atoms with Crippen molar-refractivity contribution in [2.45, 2.75) is 6.92 Å². The summed E-state index contributed by atoms with van der Waals surface area (Å²) < 4.78 is 10.0. The first-order chi connectivity index (χ1) is 10.7. The van der Waals surface area contributed by atoms with Crippen molar-refractivity contribution in [2.24, 2.45) is 0 Å². The van der Waals surface area contributed by atoms with E-state index in [-0.39, 0.29) is 12.5 Å². The molecule has 22 heavy (non-hydrogen) atoms. The standard InChI is InChI=1S/C17H17NO4/c1-2-21-12-16(19)22-15-10-8-14(9-11-15)18-17(20)13-6-4-3-5-7-13/h3-11H,2,12H2,1H3,(H,18,20). The van der Waals surface area contributed by atoms with E-state index in [9.17, 15) is 9.59 Å². The highest BCUT2D eigenvalue weighted by atomic mass is 16.6. The van der Waals surface area contributed by atoms with Gasteiger partial charge in [-0.05, 0) is 43.3 Å². The molecule has 0 saturated carbocycles. The number of rotatable bonds is 6. The van der Waals surface area contributed by atoms with Crippen LogP contribution in [0.25, 0.3) is 0 Å². The van der Waals surface area contributed by atoms with Crippen LogP contribution in [0.2, 0.25) is 0 Å². The number of anilines is 1. The highest BCUT2D eigenvalue weighted by Gasteiger charge is 2.07. The summed E-state index contributed by atoms with van der Waals surface area (Å²) in [6.45, 7) is 2.18.